The zero-order valence-electron chi connectivity index (χ0n) is 4.96. The predicted molar refractivity (Wildman–Crippen MR) is 35.7 cm³/mol. The van der Waals surface area contributed by atoms with E-state index in [1.807, 2.05) is 0 Å². The third-order valence-electron chi connectivity index (χ3n) is 0.745. The lowest BCUT2D eigenvalue weighted by atomic mass is 10.3. The van der Waals surface area contributed by atoms with Crippen LogP contribution in [0.25, 0.3) is 0 Å². The van der Waals surface area contributed by atoms with Gasteiger partial charge in [-0.2, -0.15) is 0 Å². The molecule has 0 aromatic rings. The van der Waals surface area contributed by atoms with Crippen LogP contribution in [-0.2, 0) is 0 Å². The number of hydrogen-bond acceptors (Lipinski definition) is 3. The summed E-state index contributed by atoms with van der Waals surface area (Å²) in [5.41, 5.74) is 11.2. The van der Waals surface area contributed by atoms with E-state index in [4.69, 9.17) is 11.5 Å². The van der Waals surface area contributed by atoms with Crippen molar-refractivity contribution in [2.45, 2.75) is 0 Å². The van der Waals surface area contributed by atoms with Gasteiger partial charge in [0, 0.05) is 19.8 Å². The molecule has 0 radical (unpaired) electrons. The van der Waals surface area contributed by atoms with Crippen LogP contribution in [0.1, 0.15) is 0 Å². The number of aliphatic imine (C=N–C) groups is 1. The molecule has 0 saturated carbocycles. The first-order valence-corrected chi connectivity index (χ1v) is 2.38. The lowest BCUT2D eigenvalue weighted by Gasteiger charge is -1.89. The molecule has 0 unspecified atom stereocenters. The SMILES string of the molecule is CN=C/C(=C/N)CN. The van der Waals surface area contributed by atoms with Crippen LogP contribution in [0.3, 0.4) is 0 Å². The van der Waals surface area contributed by atoms with Crippen molar-refractivity contribution in [1.29, 1.82) is 0 Å². The minimum atomic E-state index is 0.452. The maximum Gasteiger partial charge on any atom is 0.0277 e. The largest absolute Gasteiger partial charge is 0.404 e. The van der Waals surface area contributed by atoms with Crippen LogP contribution in [0.5, 0.6) is 0 Å². The summed E-state index contributed by atoms with van der Waals surface area (Å²) in [6, 6.07) is 0. The van der Waals surface area contributed by atoms with Gasteiger partial charge >= 0.3 is 0 Å². The van der Waals surface area contributed by atoms with E-state index < -0.39 is 0 Å². The number of rotatable bonds is 2. The maximum absolute atomic E-state index is 5.23. The molecule has 0 fully saturated rings. The van der Waals surface area contributed by atoms with Crippen molar-refractivity contribution in [1.82, 2.24) is 0 Å². The highest BCUT2D eigenvalue weighted by Gasteiger charge is 1.81. The van der Waals surface area contributed by atoms with E-state index in [1.165, 1.54) is 6.20 Å². The van der Waals surface area contributed by atoms with Crippen LogP contribution in [0, 0.1) is 0 Å². The third-order valence-corrected chi connectivity index (χ3v) is 0.745. The minimum absolute atomic E-state index is 0.452. The van der Waals surface area contributed by atoms with Crippen LogP contribution in [0.2, 0.25) is 0 Å². The van der Waals surface area contributed by atoms with Gasteiger partial charge in [0.05, 0.1) is 0 Å². The summed E-state index contributed by atoms with van der Waals surface area (Å²) in [4.78, 5) is 3.72. The Morgan fingerprint density at radius 2 is 2.38 bits per heavy atom. The highest BCUT2D eigenvalue weighted by atomic mass is 14.7. The summed E-state index contributed by atoms with van der Waals surface area (Å²) >= 11 is 0. The Morgan fingerprint density at radius 1 is 1.75 bits per heavy atom. The van der Waals surface area contributed by atoms with E-state index in [9.17, 15) is 0 Å². The van der Waals surface area contributed by atoms with E-state index in [0.29, 0.717) is 6.54 Å². The standard InChI is InChI=1S/C5H11N3/c1-8-4-5(2-6)3-7/h2,4H,3,6-7H2,1H3/b5-2+,8-4?. The fourth-order valence-electron chi connectivity index (χ4n) is 0.330. The average molecular weight is 113 g/mol. The van der Waals surface area contributed by atoms with Crippen molar-refractivity contribution < 1.29 is 0 Å². The molecule has 46 valence electrons. The fraction of sp³-hybridized carbons (Fsp3) is 0.400. The molecule has 0 aromatic carbocycles. The van der Waals surface area contributed by atoms with E-state index in [2.05, 4.69) is 4.99 Å². The van der Waals surface area contributed by atoms with Gasteiger partial charge in [-0.05, 0) is 11.8 Å². The van der Waals surface area contributed by atoms with Crippen LogP contribution in [0.4, 0.5) is 0 Å². The maximum atomic E-state index is 5.23. The number of nitrogens with zero attached hydrogens (tertiary/aromatic N) is 1. The van der Waals surface area contributed by atoms with Gasteiger partial charge in [-0.3, -0.25) is 4.99 Å². The molecule has 8 heavy (non-hydrogen) atoms. The Balaban J connectivity index is 3.72. The van der Waals surface area contributed by atoms with E-state index in [-0.39, 0.29) is 0 Å². The number of hydrogen-bond donors (Lipinski definition) is 2. The first-order valence-electron chi connectivity index (χ1n) is 2.38. The van der Waals surface area contributed by atoms with Crippen LogP contribution >= 0.6 is 0 Å². The molecule has 0 heterocycles. The van der Waals surface area contributed by atoms with Crippen molar-refractivity contribution in [2.24, 2.45) is 16.5 Å². The van der Waals surface area contributed by atoms with Crippen LogP contribution in [0.15, 0.2) is 16.8 Å². The smallest absolute Gasteiger partial charge is 0.0277 e. The quantitative estimate of drug-likeness (QED) is 0.474. The summed E-state index contributed by atoms with van der Waals surface area (Å²) in [6.45, 7) is 0.452. The fourth-order valence-corrected chi connectivity index (χ4v) is 0.330. The van der Waals surface area contributed by atoms with Gasteiger partial charge < -0.3 is 11.5 Å². The first-order chi connectivity index (χ1) is 3.85. The van der Waals surface area contributed by atoms with Gasteiger partial charge in [0.2, 0.25) is 0 Å². The zero-order chi connectivity index (χ0) is 6.41. The Kier molecular flexibility index (Phi) is 3.88. The summed E-state index contributed by atoms with van der Waals surface area (Å²) in [5.74, 6) is 0. The molecule has 0 aliphatic carbocycles. The van der Waals surface area contributed by atoms with Crippen molar-refractivity contribution in [3.63, 3.8) is 0 Å². The zero-order valence-corrected chi connectivity index (χ0v) is 4.96. The molecular formula is C5H11N3. The van der Waals surface area contributed by atoms with Gasteiger partial charge in [0.1, 0.15) is 0 Å². The Labute approximate surface area is 49.1 Å². The van der Waals surface area contributed by atoms with E-state index in [0.717, 1.165) is 5.57 Å². The second-order valence-electron chi connectivity index (χ2n) is 1.33. The van der Waals surface area contributed by atoms with Crippen LogP contribution in [-0.4, -0.2) is 19.8 Å². The lowest BCUT2D eigenvalue weighted by molar-refractivity contribution is 1.20. The topological polar surface area (TPSA) is 64.4 Å². The highest BCUT2D eigenvalue weighted by Crippen LogP contribution is 1.79. The van der Waals surface area contributed by atoms with Crippen LogP contribution < -0.4 is 11.5 Å². The van der Waals surface area contributed by atoms with E-state index in [1.54, 1.807) is 13.3 Å². The molecule has 0 saturated heterocycles. The first kappa shape index (κ1) is 7.17. The van der Waals surface area contributed by atoms with Gasteiger partial charge in [0.25, 0.3) is 0 Å². The molecule has 0 aromatic heterocycles. The van der Waals surface area contributed by atoms with Crippen molar-refractivity contribution in [3.8, 4) is 0 Å². The summed E-state index contributed by atoms with van der Waals surface area (Å²) in [6.07, 6.45) is 3.09. The van der Waals surface area contributed by atoms with Crippen molar-refractivity contribution in [3.05, 3.63) is 11.8 Å². The molecule has 0 spiro atoms. The minimum Gasteiger partial charge on any atom is -0.404 e. The molecule has 0 rings (SSSR count). The Bertz CT molecular complexity index is 101. The van der Waals surface area contributed by atoms with Crippen molar-refractivity contribution in [2.75, 3.05) is 13.6 Å². The summed E-state index contributed by atoms with van der Waals surface area (Å²) < 4.78 is 0. The molecule has 3 heteroatoms. The molecule has 0 aliphatic heterocycles. The Morgan fingerprint density at radius 3 is 2.50 bits per heavy atom. The molecule has 0 bridgehead atoms. The molecule has 0 amide bonds. The Hall–Kier alpha value is -0.830. The second-order valence-corrected chi connectivity index (χ2v) is 1.33. The summed E-state index contributed by atoms with van der Waals surface area (Å²) in [5, 5.41) is 0. The van der Waals surface area contributed by atoms with E-state index >= 15 is 0 Å². The normalized spacial score (nSPS) is 13.0. The molecule has 0 atom stereocenters. The van der Waals surface area contributed by atoms with Crippen molar-refractivity contribution >= 4 is 6.21 Å². The molecule has 0 aliphatic rings. The van der Waals surface area contributed by atoms with Gasteiger partial charge in [-0.15, -0.1) is 0 Å². The van der Waals surface area contributed by atoms with Gasteiger partial charge in [0.15, 0.2) is 0 Å². The van der Waals surface area contributed by atoms with Gasteiger partial charge in [-0.25, -0.2) is 0 Å². The average Bonchev–Trinajstić information content (AvgIpc) is 1.83. The second kappa shape index (κ2) is 4.33. The molecule has 4 N–H and O–H groups in total. The molecular weight excluding hydrogens is 102 g/mol. The number of nitrogens with two attached hydrogens (primary N) is 2. The highest BCUT2D eigenvalue weighted by molar-refractivity contribution is 5.78. The third kappa shape index (κ3) is 2.36. The lowest BCUT2D eigenvalue weighted by Crippen LogP contribution is -2.05. The van der Waals surface area contributed by atoms with Gasteiger partial charge in [-0.1, -0.05) is 0 Å². The monoisotopic (exact) mass is 113 g/mol. The predicted octanol–water partition coefficient (Wildman–Crippen LogP) is -0.512. The summed E-state index contributed by atoms with van der Waals surface area (Å²) in [7, 11) is 1.68. The molecule has 3 nitrogen and oxygen atoms in total.